The summed E-state index contributed by atoms with van der Waals surface area (Å²) in [4.78, 5) is 24.3. The van der Waals surface area contributed by atoms with Gasteiger partial charge in [-0.1, -0.05) is 0 Å². The van der Waals surface area contributed by atoms with Crippen LogP contribution < -0.4 is 20.3 Å². The van der Waals surface area contributed by atoms with Gasteiger partial charge in [-0.25, -0.2) is 10.9 Å². The van der Waals surface area contributed by atoms with Crippen LogP contribution in [0, 0.1) is 0 Å². The second-order valence-electron chi connectivity index (χ2n) is 6.42. The van der Waals surface area contributed by atoms with Gasteiger partial charge < -0.3 is 24.1 Å². The molecule has 0 saturated carbocycles. The van der Waals surface area contributed by atoms with Gasteiger partial charge in [0, 0.05) is 0 Å². The van der Waals surface area contributed by atoms with Crippen LogP contribution in [0.4, 0.5) is 0 Å². The molecule has 2 amide bonds. The minimum Gasteiger partial charge on any atom is -0.504 e. The molecule has 11 heteroatoms. The van der Waals surface area contributed by atoms with Gasteiger partial charge in [0.15, 0.2) is 34.5 Å². The van der Waals surface area contributed by atoms with Crippen molar-refractivity contribution in [3.63, 3.8) is 0 Å². The molecule has 1 aromatic heterocycles. The number of nitrogens with one attached hydrogen (secondary N) is 2. The third kappa shape index (κ3) is 5.88. The Kier molecular flexibility index (Phi) is 7.27. The number of phenols is 2. The summed E-state index contributed by atoms with van der Waals surface area (Å²) in [5.74, 6) is -1.16. The maximum Gasteiger partial charge on any atom is 0.307 e. The minimum absolute atomic E-state index is 0.0686. The van der Waals surface area contributed by atoms with Crippen molar-refractivity contribution in [2.45, 2.75) is 0 Å². The van der Waals surface area contributed by atoms with Gasteiger partial charge in [-0.05, 0) is 59.7 Å². The number of hydrogen-bond acceptors (Lipinski definition) is 9. The number of hydrazone groups is 2. The molecule has 1 heterocycles. The lowest BCUT2D eigenvalue weighted by Crippen LogP contribution is -2.18. The number of nitrogens with zero attached hydrogens (tertiary/aromatic N) is 2. The quantitative estimate of drug-likeness (QED) is 0.302. The fraction of sp³-hybridized carbons (Fsp3) is 0.0909. The van der Waals surface area contributed by atoms with Crippen LogP contribution in [0.25, 0.3) is 0 Å². The lowest BCUT2D eigenvalue weighted by atomic mass is 10.2. The smallest absolute Gasteiger partial charge is 0.307 e. The summed E-state index contributed by atoms with van der Waals surface area (Å²) in [5.41, 5.74) is 5.56. The zero-order valence-electron chi connectivity index (χ0n) is 17.6. The van der Waals surface area contributed by atoms with Crippen LogP contribution in [0.2, 0.25) is 0 Å². The zero-order valence-corrected chi connectivity index (χ0v) is 17.6. The molecule has 2 aromatic carbocycles. The molecule has 4 N–H and O–H groups in total. The van der Waals surface area contributed by atoms with Gasteiger partial charge in [-0.3, -0.25) is 9.59 Å². The number of aromatic hydroxyl groups is 2. The summed E-state index contributed by atoms with van der Waals surface area (Å²) in [6, 6.07) is 11.8. The molecular weight excluding hydrogens is 432 g/mol. The van der Waals surface area contributed by atoms with Crippen LogP contribution in [0.5, 0.6) is 23.0 Å². The normalized spacial score (nSPS) is 11.0. The van der Waals surface area contributed by atoms with Gasteiger partial charge >= 0.3 is 11.8 Å². The molecule has 11 nitrogen and oxygen atoms in total. The van der Waals surface area contributed by atoms with Crippen LogP contribution in [0.15, 0.2) is 63.2 Å². The molecule has 0 aliphatic heterocycles. The van der Waals surface area contributed by atoms with E-state index in [-0.39, 0.29) is 23.0 Å². The molecule has 0 aliphatic rings. The summed E-state index contributed by atoms with van der Waals surface area (Å²) in [6.45, 7) is 0. The number of rotatable bonds is 8. The van der Waals surface area contributed by atoms with Crippen molar-refractivity contribution in [2.75, 3.05) is 14.2 Å². The van der Waals surface area contributed by atoms with Gasteiger partial charge in [-0.2, -0.15) is 10.2 Å². The van der Waals surface area contributed by atoms with Gasteiger partial charge in [-0.15, -0.1) is 0 Å². The first kappa shape index (κ1) is 22.9. The van der Waals surface area contributed by atoms with Crippen molar-refractivity contribution >= 4 is 24.2 Å². The van der Waals surface area contributed by atoms with Gasteiger partial charge in [0.1, 0.15) is 0 Å². The van der Waals surface area contributed by atoms with Crippen LogP contribution in [-0.2, 0) is 0 Å². The number of hydrogen-bond donors (Lipinski definition) is 4. The number of methoxy groups -OCH3 is 2. The molecule has 3 aromatic rings. The van der Waals surface area contributed by atoms with E-state index >= 15 is 0 Å². The largest absolute Gasteiger partial charge is 0.504 e. The van der Waals surface area contributed by atoms with Crippen LogP contribution in [0.1, 0.15) is 32.2 Å². The fourth-order valence-electron chi connectivity index (χ4n) is 2.60. The third-order valence-corrected chi connectivity index (χ3v) is 4.22. The zero-order chi connectivity index (χ0) is 23.8. The molecule has 0 fully saturated rings. The van der Waals surface area contributed by atoms with Gasteiger partial charge in [0.2, 0.25) is 0 Å². The molecule has 0 bridgehead atoms. The third-order valence-electron chi connectivity index (χ3n) is 4.22. The fourth-order valence-corrected chi connectivity index (χ4v) is 2.60. The predicted octanol–water partition coefficient (Wildman–Crippen LogP) is 2.24. The Morgan fingerprint density at radius 2 is 1.21 bits per heavy atom. The van der Waals surface area contributed by atoms with E-state index in [2.05, 4.69) is 21.1 Å². The highest BCUT2D eigenvalue weighted by Crippen LogP contribution is 2.26. The van der Waals surface area contributed by atoms with Crippen molar-refractivity contribution in [1.82, 2.24) is 10.9 Å². The number of benzene rings is 2. The topological polar surface area (TPSA) is 155 Å². The summed E-state index contributed by atoms with van der Waals surface area (Å²) >= 11 is 0. The van der Waals surface area contributed by atoms with E-state index in [4.69, 9.17) is 13.9 Å². The second-order valence-corrected chi connectivity index (χ2v) is 6.42. The number of carbonyl (C=O) groups is 2. The van der Waals surface area contributed by atoms with Gasteiger partial charge in [0.05, 0.1) is 26.6 Å². The van der Waals surface area contributed by atoms with E-state index in [1.165, 1.54) is 50.9 Å². The molecule has 0 radical (unpaired) electrons. The monoisotopic (exact) mass is 452 g/mol. The number of carbonyl (C=O) groups excluding carboxylic acids is 2. The first-order valence-corrected chi connectivity index (χ1v) is 9.42. The summed E-state index contributed by atoms with van der Waals surface area (Å²) in [6.07, 6.45) is 2.64. The first-order valence-electron chi connectivity index (χ1n) is 9.42. The summed E-state index contributed by atoms with van der Waals surface area (Å²) < 4.78 is 15.1. The van der Waals surface area contributed by atoms with E-state index in [0.717, 1.165) is 0 Å². The predicted molar refractivity (Wildman–Crippen MR) is 118 cm³/mol. The Morgan fingerprint density at radius 1 is 0.788 bits per heavy atom. The highest BCUT2D eigenvalue weighted by molar-refractivity contribution is 5.96. The molecule has 0 saturated heterocycles. The highest BCUT2D eigenvalue weighted by Gasteiger charge is 2.15. The molecule has 0 atom stereocenters. The molecule has 0 unspecified atom stereocenters. The molecule has 0 aliphatic carbocycles. The van der Waals surface area contributed by atoms with E-state index in [0.29, 0.717) is 22.6 Å². The SMILES string of the molecule is COc1ccc(/C=N/NC(=O)c2ccc(C(=O)N/N=C/c3ccc(OC)c(O)c3)o2)cc1O. The Labute approximate surface area is 187 Å². The lowest BCUT2D eigenvalue weighted by Gasteiger charge is -2.03. The number of furan rings is 1. The average Bonchev–Trinajstić information content (AvgIpc) is 3.30. The lowest BCUT2D eigenvalue weighted by molar-refractivity contribution is 0.0902. The van der Waals surface area contributed by atoms with Crippen molar-refractivity contribution < 1.29 is 33.7 Å². The van der Waals surface area contributed by atoms with Crippen LogP contribution in [0.3, 0.4) is 0 Å². The van der Waals surface area contributed by atoms with E-state index in [1.54, 1.807) is 24.3 Å². The van der Waals surface area contributed by atoms with Crippen molar-refractivity contribution in [1.29, 1.82) is 0 Å². The Hall–Kier alpha value is -4.80. The maximum absolute atomic E-state index is 12.1. The van der Waals surface area contributed by atoms with E-state index in [1.807, 2.05) is 0 Å². The van der Waals surface area contributed by atoms with Crippen molar-refractivity contribution in [3.8, 4) is 23.0 Å². The molecule has 0 spiro atoms. The standard InChI is InChI=1S/C22H20N4O7/c1-31-17-5-3-13(9-15(17)27)11-23-25-21(29)19-7-8-20(33-19)22(30)26-24-12-14-4-6-18(32-2)16(28)10-14/h3-12,27-28H,1-2H3,(H,25,29)(H,26,30)/b23-11+,24-12+. The Bertz CT molecular complexity index is 1130. The maximum atomic E-state index is 12.1. The van der Waals surface area contributed by atoms with Crippen LogP contribution in [-0.4, -0.2) is 48.7 Å². The second kappa shape index (κ2) is 10.5. The Balaban J connectivity index is 1.54. The summed E-state index contributed by atoms with van der Waals surface area (Å²) in [7, 11) is 2.86. The number of phenolic OH excluding ortho intramolecular Hbond substituents is 2. The Morgan fingerprint density at radius 3 is 1.58 bits per heavy atom. The first-order chi connectivity index (χ1) is 15.9. The van der Waals surface area contributed by atoms with Crippen molar-refractivity contribution in [2.24, 2.45) is 10.2 Å². The summed E-state index contributed by atoms with van der Waals surface area (Å²) in [5, 5.41) is 27.0. The van der Waals surface area contributed by atoms with E-state index in [9.17, 15) is 19.8 Å². The molecule has 33 heavy (non-hydrogen) atoms. The van der Waals surface area contributed by atoms with Crippen molar-refractivity contribution in [3.05, 3.63) is 71.2 Å². The highest BCUT2D eigenvalue weighted by atomic mass is 16.5. The van der Waals surface area contributed by atoms with Gasteiger partial charge in [0.25, 0.3) is 0 Å². The molecule has 3 rings (SSSR count). The average molecular weight is 452 g/mol. The van der Waals surface area contributed by atoms with E-state index < -0.39 is 11.8 Å². The minimum atomic E-state index is -0.680. The molecule has 170 valence electrons. The number of amides is 2. The molecular formula is C22H20N4O7. The van der Waals surface area contributed by atoms with Crippen LogP contribution >= 0.6 is 0 Å². The number of ether oxygens (including phenoxy) is 2.